The van der Waals surface area contributed by atoms with E-state index < -0.39 is 5.82 Å². The van der Waals surface area contributed by atoms with Crippen molar-refractivity contribution in [2.24, 2.45) is 0 Å². The first kappa shape index (κ1) is 12.9. The molecule has 98 valence electrons. The zero-order chi connectivity index (χ0) is 14.1. The number of para-hydroxylation sites is 1. The van der Waals surface area contributed by atoms with Gasteiger partial charge >= 0.3 is 0 Å². The van der Waals surface area contributed by atoms with Crippen LogP contribution < -0.4 is 0 Å². The van der Waals surface area contributed by atoms with Gasteiger partial charge in [-0.25, -0.2) is 4.39 Å². The number of hydrogen-bond acceptors (Lipinski definition) is 2. The van der Waals surface area contributed by atoms with E-state index in [0.29, 0.717) is 15.6 Å². The van der Waals surface area contributed by atoms with Gasteiger partial charge in [0.25, 0.3) is 0 Å². The lowest BCUT2D eigenvalue weighted by molar-refractivity contribution is 0.103. The summed E-state index contributed by atoms with van der Waals surface area (Å²) in [5.74, 6) is -0.695. The van der Waals surface area contributed by atoms with Gasteiger partial charge in [0.2, 0.25) is 0 Å². The molecule has 0 aliphatic rings. The second kappa shape index (κ2) is 5.13. The molecular formula is C16H9BrFNO. The number of carbonyl (C=O) groups excluding carboxylic acids is 1. The largest absolute Gasteiger partial charge is 0.289 e. The van der Waals surface area contributed by atoms with Crippen molar-refractivity contribution in [2.75, 3.05) is 0 Å². The van der Waals surface area contributed by atoms with Crippen molar-refractivity contribution in [3.05, 3.63) is 76.1 Å². The Hall–Kier alpha value is -2.07. The Balaban J connectivity index is 2.05. The van der Waals surface area contributed by atoms with Crippen molar-refractivity contribution >= 4 is 32.6 Å². The molecule has 2 nitrogen and oxygen atoms in total. The molecule has 1 aromatic heterocycles. The minimum atomic E-state index is -0.454. The highest BCUT2D eigenvalue weighted by molar-refractivity contribution is 9.10. The molecule has 0 fully saturated rings. The van der Waals surface area contributed by atoms with E-state index in [4.69, 9.17) is 0 Å². The monoisotopic (exact) mass is 329 g/mol. The van der Waals surface area contributed by atoms with Crippen molar-refractivity contribution < 1.29 is 9.18 Å². The summed E-state index contributed by atoms with van der Waals surface area (Å²) in [6, 6.07) is 13.6. The molecule has 0 atom stereocenters. The molecule has 0 N–H and O–H groups in total. The summed E-state index contributed by atoms with van der Waals surface area (Å²) in [6.07, 6.45) is 1.52. The van der Waals surface area contributed by atoms with Crippen LogP contribution in [0.15, 0.2) is 59.2 Å². The van der Waals surface area contributed by atoms with Gasteiger partial charge in [0.05, 0.1) is 9.99 Å². The first-order valence-corrected chi connectivity index (χ1v) is 6.79. The van der Waals surface area contributed by atoms with E-state index in [9.17, 15) is 9.18 Å². The van der Waals surface area contributed by atoms with Crippen LogP contribution in [-0.4, -0.2) is 10.8 Å². The van der Waals surface area contributed by atoms with Crippen LogP contribution in [-0.2, 0) is 0 Å². The zero-order valence-corrected chi connectivity index (χ0v) is 11.9. The lowest BCUT2D eigenvalue weighted by Crippen LogP contribution is -2.02. The number of hydrogen-bond donors (Lipinski definition) is 0. The highest BCUT2D eigenvalue weighted by Crippen LogP contribution is 2.20. The topological polar surface area (TPSA) is 30.0 Å². The highest BCUT2D eigenvalue weighted by Gasteiger charge is 2.12. The first-order valence-electron chi connectivity index (χ1n) is 6.00. The van der Waals surface area contributed by atoms with Gasteiger partial charge in [-0.2, -0.15) is 0 Å². The minimum Gasteiger partial charge on any atom is -0.289 e. The number of benzene rings is 2. The molecule has 0 radical (unpaired) electrons. The van der Waals surface area contributed by atoms with Gasteiger partial charge in [0.1, 0.15) is 5.82 Å². The molecule has 20 heavy (non-hydrogen) atoms. The average Bonchev–Trinajstić information content (AvgIpc) is 2.49. The third-order valence-corrected chi connectivity index (χ3v) is 3.68. The average molecular weight is 330 g/mol. The van der Waals surface area contributed by atoms with Gasteiger partial charge in [-0.3, -0.25) is 9.78 Å². The smallest absolute Gasteiger partial charge is 0.194 e. The summed E-state index contributed by atoms with van der Waals surface area (Å²) in [4.78, 5) is 16.6. The fourth-order valence-corrected chi connectivity index (χ4v) is 2.25. The number of halogens is 2. The van der Waals surface area contributed by atoms with Crippen molar-refractivity contribution in [3.63, 3.8) is 0 Å². The molecule has 0 saturated heterocycles. The van der Waals surface area contributed by atoms with Gasteiger partial charge in [-0.15, -0.1) is 0 Å². The second-order valence-electron chi connectivity index (χ2n) is 4.37. The summed E-state index contributed by atoms with van der Waals surface area (Å²) in [6.45, 7) is 0. The Labute approximate surface area is 123 Å². The molecule has 3 rings (SSSR count). The number of fused-ring (bicyclic) bond motifs is 1. The zero-order valence-electron chi connectivity index (χ0n) is 10.3. The summed E-state index contributed by atoms with van der Waals surface area (Å²) >= 11 is 3.07. The maximum Gasteiger partial charge on any atom is 0.194 e. The molecule has 0 saturated carbocycles. The van der Waals surface area contributed by atoms with E-state index in [1.165, 1.54) is 18.3 Å². The van der Waals surface area contributed by atoms with Crippen molar-refractivity contribution in [2.45, 2.75) is 0 Å². The van der Waals surface area contributed by atoms with Crippen molar-refractivity contribution in [1.29, 1.82) is 0 Å². The number of rotatable bonds is 2. The van der Waals surface area contributed by atoms with E-state index in [1.807, 2.05) is 24.3 Å². The van der Waals surface area contributed by atoms with E-state index in [2.05, 4.69) is 20.9 Å². The van der Waals surface area contributed by atoms with E-state index >= 15 is 0 Å². The molecule has 3 aromatic rings. The maximum absolute atomic E-state index is 13.5. The van der Waals surface area contributed by atoms with Gasteiger partial charge in [-0.1, -0.05) is 18.2 Å². The van der Waals surface area contributed by atoms with Crippen LogP contribution in [0.25, 0.3) is 10.9 Å². The molecule has 2 aromatic carbocycles. The van der Waals surface area contributed by atoms with Crippen LogP contribution in [0.3, 0.4) is 0 Å². The SMILES string of the molecule is O=C(c1ccc(Br)c(F)c1)c1cnc2ccccc2c1. The molecule has 0 aliphatic carbocycles. The van der Waals surface area contributed by atoms with E-state index in [0.717, 1.165) is 10.9 Å². The Morgan fingerprint density at radius 1 is 1.05 bits per heavy atom. The quantitative estimate of drug-likeness (QED) is 0.653. The predicted octanol–water partition coefficient (Wildman–Crippen LogP) is 4.37. The van der Waals surface area contributed by atoms with Gasteiger partial charge in [-0.05, 0) is 46.3 Å². The molecule has 4 heteroatoms. The Morgan fingerprint density at radius 2 is 1.85 bits per heavy atom. The standard InChI is InChI=1S/C16H9BrFNO/c17-13-6-5-11(8-14(13)18)16(20)12-7-10-3-1-2-4-15(10)19-9-12/h1-9H. The molecular weight excluding hydrogens is 321 g/mol. The lowest BCUT2D eigenvalue weighted by atomic mass is 10.0. The van der Waals surface area contributed by atoms with Crippen molar-refractivity contribution in [3.8, 4) is 0 Å². The van der Waals surface area contributed by atoms with Crippen LogP contribution in [0.4, 0.5) is 4.39 Å². The van der Waals surface area contributed by atoms with E-state index in [1.54, 1.807) is 12.1 Å². The predicted molar refractivity (Wildman–Crippen MR) is 79.3 cm³/mol. The number of pyridine rings is 1. The van der Waals surface area contributed by atoms with Gasteiger partial charge in [0.15, 0.2) is 5.78 Å². The van der Waals surface area contributed by atoms with Crippen LogP contribution in [0.2, 0.25) is 0 Å². The number of carbonyl (C=O) groups is 1. The van der Waals surface area contributed by atoms with Crippen LogP contribution >= 0.6 is 15.9 Å². The summed E-state index contributed by atoms with van der Waals surface area (Å²) in [7, 11) is 0. The normalized spacial score (nSPS) is 10.7. The third kappa shape index (κ3) is 2.34. The molecule has 0 amide bonds. The molecule has 0 spiro atoms. The fraction of sp³-hybridized carbons (Fsp3) is 0. The van der Waals surface area contributed by atoms with Crippen LogP contribution in [0.1, 0.15) is 15.9 Å². The Bertz CT molecular complexity index is 816. The second-order valence-corrected chi connectivity index (χ2v) is 5.23. The number of nitrogens with zero attached hydrogens (tertiary/aromatic N) is 1. The summed E-state index contributed by atoms with van der Waals surface area (Å²) < 4.78 is 13.8. The molecule has 0 aliphatic heterocycles. The first-order chi connectivity index (χ1) is 9.65. The number of aromatic nitrogens is 1. The van der Waals surface area contributed by atoms with Crippen LogP contribution in [0, 0.1) is 5.82 Å². The molecule has 0 bridgehead atoms. The minimum absolute atomic E-state index is 0.241. The Kier molecular flexibility index (Phi) is 3.32. The molecule has 0 unspecified atom stereocenters. The van der Waals surface area contributed by atoms with Gasteiger partial charge < -0.3 is 0 Å². The van der Waals surface area contributed by atoms with Crippen molar-refractivity contribution in [1.82, 2.24) is 4.98 Å². The third-order valence-electron chi connectivity index (χ3n) is 3.03. The summed E-state index contributed by atoms with van der Waals surface area (Å²) in [5.41, 5.74) is 1.58. The lowest BCUT2D eigenvalue weighted by Gasteiger charge is -2.04. The summed E-state index contributed by atoms with van der Waals surface area (Å²) in [5, 5.41) is 0.885. The molecule has 1 heterocycles. The number of ketones is 1. The highest BCUT2D eigenvalue weighted by atomic mass is 79.9. The Morgan fingerprint density at radius 3 is 2.65 bits per heavy atom. The van der Waals surface area contributed by atoms with Crippen LogP contribution in [0.5, 0.6) is 0 Å². The van der Waals surface area contributed by atoms with E-state index in [-0.39, 0.29) is 5.78 Å². The van der Waals surface area contributed by atoms with Gasteiger partial charge in [0, 0.05) is 22.7 Å². The fourth-order valence-electron chi connectivity index (χ4n) is 2.00. The maximum atomic E-state index is 13.5.